The molecule has 3 aromatic heterocycles. The first kappa shape index (κ1) is 21.0. The van der Waals surface area contributed by atoms with E-state index in [-0.39, 0.29) is 5.91 Å². The van der Waals surface area contributed by atoms with Crippen molar-refractivity contribution in [3.8, 4) is 33.4 Å². The molecule has 9 heteroatoms. The lowest BCUT2D eigenvalue weighted by atomic mass is 9.95. The van der Waals surface area contributed by atoms with Crippen LogP contribution in [0.4, 0.5) is 5.13 Å². The number of ether oxygens (including phenoxy) is 1. The van der Waals surface area contributed by atoms with Crippen molar-refractivity contribution in [3.05, 3.63) is 58.9 Å². The number of nitrogens with zero attached hydrogens (tertiary/aromatic N) is 5. The van der Waals surface area contributed by atoms with Crippen LogP contribution in [0.5, 0.6) is 5.88 Å². The van der Waals surface area contributed by atoms with Crippen LogP contribution in [-0.4, -0.2) is 44.7 Å². The highest BCUT2D eigenvalue weighted by atomic mass is 32.1. The Kier molecular flexibility index (Phi) is 4.96. The van der Waals surface area contributed by atoms with Crippen molar-refractivity contribution in [1.82, 2.24) is 24.6 Å². The topological polar surface area (TPSA) is 85.2 Å². The van der Waals surface area contributed by atoms with Gasteiger partial charge in [0.2, 0.25) is 11.8 Å². The van der Waals surface area contributed by atoms with E-state index in [9.17, 15) is 4.79 Å². The number of fused-ring (bicyclic) bond motifs is 4. The summed E-state index contributed by atoms with van der Waals surface area (Å²) in [5, 5.41) is 8.59. The summed E-state index contributed by atoms with van der Waals surface area (Å²) in [5.41, 5.74) is 8.81. The maximum Gasteiger partial charge on any atom is 0.223 e. The smallest absolute Gasteiger partial charge is 0.223 e. The molecule has 4 heterocycles. The maximum atomic E-state index is 11.7. The lowest BCUT2D eigenvalue weighted by Gasteiger charge is -2.14. The van der Waals surface area contributed by atoms with Crippen LogP contribution in [0.15, 0.2) is 36.5 Å². The predicted octanol–water partition coefficient (Wildman–Crippen LogP) is 4.07. The van der Waals surface area contributed by atoms with Crippen LogP contribution in [0, 0.1) is 0 Å². The van der Waals surface area contributed by atoms with E-state index in [1.54, 1.807) is 7.11 Å². The van der Waals surface area contributed by atoms with Crippen LogP contribution in [0.25, 0.3) is 27.5 Å². The molecule has 1 aliphatic carbocycles. The second kappa shape index (κ2) is 8.03. The van der Waals surface area contributed by atoms with Gasteiger partial charge in [-0.2, -0.15) is 5.10 Å². The Balaban J connectivity index is 1.54. The average Bonchev–Trinajstić information content (AvgIpc) is 3.51. The van der Waals surface area contributed by atoms with Gasteiger partial charge in [-0.25, -0.2) is 14.6 Å². The van der Waals surface area contributed by atoms with Crippen molar-refractivity contribution < 1.29 is 9.53 Å². The van der Waals surface area contributed by atoms with Gasteiger partial charge in [0, 0.05) is 43.4 Å². The van der Waals surface area contributed by atoms with Crippen molar-refractivity contribution in [2.24, 2.45) is 0 Å². The van der Waals surface area contributed by atoms with Gasteiger partial charge in [0.05, 0.1) is 34.8 Å². The highest BCUT2D eigenvalue weighted by molar-refractivity contribution is 7.19. The van der Waals surface area contributed by atoms with E-state index < -0.39 is 0 Å². The lowest BCUT2D eigenvalue weighted by Crippen LogP contribution is -2.07. The molecular formula is C25H24N6O2S. The van der Waals surface area contributed by atoms with Gasteiger partial charge in [0.15, 0.2) is 5.13 Å². The number of hydrogen-bond donors (Lipinski definition) is 1. The average molecular weight is 473 g/mol. The molecule has 0 unspecified atom stereocenters. The highest BCUT2D eigenvalue weighted by Gasteiger charge is 2.30. The van der Waals surface area contributed by atoms with Crippen LogP contribution >= 0.6 is 11.3 Å². The predicted molar refractivity (Wildman–Crippen MR) is 131 cm³/mol. The summed E-state index contributed by atoms with van der Waals surface area (Å²) in [7, 11) is 3.75. The van der Waals surface area contributed by atoms with E-state index in [0.29, 0.717) is 11.0 Å². The molecule has 1 amide bonds. The Hall–Kier alpha value is -3.56. The quantitative estimate of drug-likeness (QED) is 0.482. The molecule has 0 fully saturated rings. The van der Waals surface area contributed by atoms with Gasteiger partial charge in [0.25, 0.3) is 0 Å². The summed E-state index contributed by atoms with van der Waals surface area (Å²) in [4.78, 5) is 24.1. The molecule has 0 saturated carbocycles. The molecule has 0 spiro atoms. The van der Waals surface area contributed by atoms with Gasteiger partial charge in [-0.05, 0) is 49.2 Å². The van der Waals surface area contributed by atoms with Crippen molar-refractivity contribution in [1.29, 1.82) is 0 Å². The van der Waals surface area contributed by atoms with E-state index in [4.69, 9.17) is 14.8 Å². The van der Waals surface area contributed by atoms with E-state index >= 15 is 0 Å². The fourth-order valence-electron chi connectivity index (χ4n) is 4.82. The summed E-state index contributed by atoms with van der Waals surface area (Å²) in [6.07, 6.45) is 3.44. The highest BCUT2D eigenvalue weighted by Crippen LogP contribution is 2.44. The van der Waals surface area contributed by atoms with Gasteiger partial charge >= 0.3 is 0 Å². The Morgan fingerprint density at radius 2 is 2.00 bits per heavy atom. The number of thiazole rings is 1. The summed E-state index contributed by atoms with van der Waals surface area (Å²) in [6, 6.07) is 10.5. The summed E-state index contributed by atoms with van der Waals surface area (Å²) in [5.74, 6) is 0.456. The van der Waals surface area contributed by atoms with E-state index in [1.807, 2.05) is 23.0 Å². The molecule has 6 rings (SSSR count). The van der Waals surface area contributed by atoms with Gasteiger partial charge in [-0.1, -0.05) is 17.4 Å². The first-order chi connectivity index (χ1) is 16.5. The molecular weight excluding hydrogens is 448 g/mol. The number of carbonyl (C=O) groups excluding carboxylic acids is 1. The zero-order valence-electron chi connectivity index (χ0n) is 19.3. The number of carbonyl (C=O) groups is 1. The number of amides is 1. The number of benzene rings is 1. The Morgan fingerprint density at radius 1 is 1.15 bits per heavy atom. The number of methoxy groups -OCH3 is 1. The summed E-state index contributed by atoms with van der Waals surface area (Å²) in [6.45, 7) is 3.40. The van der Waals surface area contributed by atoms with Gasteiger partial charge in [-0.3, -0.25) is 9.69 Å². The SMILES string of the molecule is COc1ccc(-c2nn(-c3ccc4c(c3)CN(C)C4)c3c2CCc2nc(NC(C)=O)sc2-3)cn1. The molecule has 1 aromatic carbocycles. The second-order valence-corrected chi connectivity index (χ2v) is 9.78. The fraction of sp³-hybridized carbons (Fsp3) is 0.280. The molecule has 0 saturated heterocycles. The fourth-order valence-corrected chi connectivity index (χ4v) is 5.93. The van der Waals surface area contributed by atoms with E-state index in [1.165, 1.54) is 35.0 Å². The first-order valence-electron chi connectivity index (χ1n) is 11.2. The number of anilines is 1. The minimum absolute atomic E-state index is 0.118. The molecule has 4 aromatic rings. The third-order valence-corrected chi connectivity index (χ3v) is 7.34. The molecule has 8 nitrogen and oxygen atoms in total. The number of aromatic nitrogens is 4. The minimum atomic E-state index is -0.118. The summed E-state index contributed by atoms with van der Waals surface area (Å²) >= 11 is 1.51. The molecule has 172 valence electrons. The molecule has 34 heavy (non-hydrogen) atoms. The maximum absolute atomic E-state index is 11.7. The lowest BCUT2D eigenvalue weighted by molar-refractivity contribution is -0.114. The van der Waals surface area contributed by atoms with E-state index in [2.05, 4.69) is 40.4 Å². The minimum Gasteiger partial charge on any atom is -0.481 e. The normalized spacial score (nSPS) is 14.4. The van der Waals surface area contributed by atoms with Crippen LogP contribution in [0.2, 0.25) is 0 Å². The van der Waals surface area contributed by atoms with Gasteiger partial charge in [-0.15, -0.1) is 0 Å². The van der Waals surface area contributed by atoms with Crippen LogP contribution in [0.3, 0.4) is 0 Å². The molecule has 0 radical (unpaired) electrons. The molecule has 0 bridgehead atoms. The third kappa shape index (κ3) is 3.48. The van der Waals surface area contributed by atoms with Crippen molar-refractivity contribution in [2.75, 3.05) is 19.5 Å². The molecule has 1 N–H and O–H groups in total. The number of pyridine rings is 1. The molecule has 1 aliphatic heterocycles. The largest absolute Gasteiger partial charge is 0.481 e. The van der Waals surface area contributed by atoms with Crippen molar-refractivity contribution in [3.63, 3.8) is 0 Å². The molecule has 0 atom stereocenters. The Morgan fingerprint density at radius 3 is 2.76 bits per heavy atom. The van der Waals surface area contributed by atoms with Crippen LogP contribution in [-0.2, 0) is 30.7 Å². The number of nitrogens with one attached hydrogen (secondary N) is 1. The van der Waals surface area contributed by atoms with Gasteiger partial charge < -0.3 is 10.1 Å². The van der Waals surface area contributed by atoms with Crippen LogP contribution < -0.4 is 10.1 Å². The standard InChI is InChI=1S/C25H24N6O2S/c1-14(32)27-25-28-20-8-7-19-22(15-5-9-21(33-3)26-11-15)29-31(23(19)24(20)34-25)18-6-4-16-12-30(2)13-17(16)10-18/h4-6,9-11H,7-8,12-13H2,1-3H3,(H,27,28,32). The van der Waals surface area contributed by atoms with Crippen molar-refractivity contribution in [2.45, 2.75) is 32.9 Å². The number of rotatable bonds is 4. The zero-order valence-corrected chi connectivity index (χ0v) is 20.1. The first-order valence-corrected chi connectivity index (χ1v) is 12.0. The zero-order chi connectivity index (χ0) is 23.4. The number of hydrogen-bond acceptors (Lipinski definition) is 7. The van der Waals surface area contributed by atoms with Crippen LogP contribution in [0.1, 0.15) is 29.3 Å². The Labute approximate surface area is 201 Å². The monoisotopic (exact) mass is 472 g/mol. The Bertz CT molecular complexity index is 1420. The van der Waals surface area contributed by atoms with E-state index in [0.717, 1.165) is 59.1 Å². The summed E-state index contributed by atoms with van der Waals surface area (Å²) < 4.78 is 7.29. The van der Waals surface area contributed by atoms with Gasteiger partial charge in [0.1, 0.15) is 0 Å². The second-order valence-electron chi connectivity index (χ2n) is 8.78. The third-order valence-electron chi connectivity index (χ3n) is 6.32. The molecule has 2 aliphatic rings. The number of aryl methyl sites for hydroxylation is 1. The van der Waals surface area contributed by atoms with Crippen molar-refractivity contribution >= 4 is 22.4 Å².